The van der Waals surface area contributed by atoms with E-state index in [1.165, 1.54) is 15.9 Å². The molecule has 1 saturated heterocycles. The minimum atomic E-state index is -4.25. The van der Waals surface area contributed by atoms with Crippen LogP contribution < -0.4 is 0 Å². The zero-order valence-corrected chi connectivity index (χ0v) is 13.6. The van der Waals surface area contributed by atoms with Gasteiger partial charge in [-0.2, -0.15) is 13.2 Å². The molecular weight excluding hydrogens is 392 g/mol. The second-order valence-corrected chi connectivity index (χ2v) is 6.17. The summed E-state index contributed by atoms with van der Waals surface area (Å²) in [4.78, 5) is 14.9. The minimum Gasteiger partial charge on any atom is -0.336 e. The van der Waals surface area contributed by atoms with Crippen molar-refractivity contribution in [2.24, 2.45) is 0 Å². The molecule has 0 atom stereocenters. The lowest BCUT2D eigenvalue weighted by atomic mass is 10.1. The third-order valence-corrected chi connectivity index (χ3v) is 4.53. The van der Waals surface area contributed by atoms with Crippen LogP contribution >= 0.6 is 27.5 Å². The maximum Gasteiger partial charge on any atom is 0.401 e. The van der Waals surface area contributed by atoms with Gasteiger partial charge in [0.05, 0.1) is 11.6 Å². The molecule has 22 heavy (non-hydrogen) atoms. The molecule has 1 heterocycles. The van der Waals surface area contributed by atoms with E-state index in [9.17, 15) is 22.4 Å². The van der Waals surface area contributed by atoms with E-state index < -0.39 is 24.4 Å². The second kappa shape index (κ2) is 6.72. The predicted molar refractivity (Wildman–Crippen MR) is 77.5 cm³/mol. The highest BCUT2D eigenvalue weighted by atomic mass is 79.9. The first-order valence-corrected chi connectivity index (χ1v) is 7.57. The number of alkyl halides is 3. The summed E-state index contributed by atoms with van der Waals surface area (Å²) >= 11 is 8.72. The fourth-order valence-corrected chi connectivity index (χ4v) is 2.77. The van der Waals surface area contributed by atoms with Crippen molar-refractivity contribution in [3.05, 3.63) is 33.0 Å². The topological polar surface area (TPSA) is 23.6 Å². The largest absolute Gasteiger partial charge is 0.401 e. The zero-order chi connectivity index (χ0) is 16.5. The average Bonchev–Trinajstić information content (AvgIpc) is 2.42. The third kappa shape index (κ3) is 4.33. The normalized spacial score (nSPS) is 16.9. The Kier molecular flexibility index (Phi) is 5.34. The molecule has 1 aromatic rings. The molecule has 2 rings (SSSR count). The number of benzene rings is 1. The molecule has 122 valence electrons. The number of rotatable bonds is 2. The van der Waals surface area contributed by atoms with Crippen LogP contribution in [0.2, 0.25) is 5.02 Å². The number of piperazine rings is 1. The van der Waals surface area contributed by atoms with E-state index in [0.717, 1.165) is 6.07 Å². The van der Waals surface area contributed by atoms with E-state index in [1.807, 2.05) is 0 Å². The van der Waals surface area contributed by atoms with Crippen molar-refractivity contribution in [2.75, 3.05) is 32.7 Å². The number of hydrogen-bond donors (Lipinski definition) is 0. The van der Waals surface area contributed by atoms with Crippen LogP contribution in [0.5, 0.6) is 0 Å². The first kappa shape index (κ1) is 17.5. The Balaban J connectivity index is 2.01. The van der Waals surface area contributed by atoms with Gasteiger partial charge in [0.15, 0.2) is 0 Å². The van der Waals surface area contributed by atoms with Crippen LogP contribution in [0, 0.1) is 5.82 Å². The van der Waals surface area contributed by atoms with Crippen molar-refractivity contribution in [2.45, 2.75) is 6.18 Å². The van der Waals surface area contributed by atoms with Crippen LogP contribution in [0.25, 0.3) is 0 Å². The average molecular weight is 404 g/mol. The van der Waals surface area contributed by atoms with Gasteiger partial charge in [-0.1, -0.05) is 11.6 Å². The molecular formula is C13H12BrClF4N2O. The number of halogens is 6. The molecule has 0 aliphatic carbocycles. The van der Waals surface area contributed by atoms with Crippen molar-refractivity contribution in [1.29, 1.82) is 0 Å². The van der Waals surface area contributed by atoms with Gasteiger partial charge in [-0.3, -0.25) is 9.69 Å². The Hall–Kier alpha value is -0.860. The van der Waals surface area contributed by atoms with Crippen LogP contribution in [-0.4, -0.2) is 54.6 Å². The van der Waals surface area contributed by atoms with Crippen LogP contribution in [0.1, 0.15) is 10.4 Å². The Labute approximate surface area is 137 Å². The fraction of sp³-hybridized carbons (Fsp3) is 0.462. The molecule has 0 spiro atoms. The summed E-state index contributed by atoms with van der Waals surface area (Å²) in [5, 5.41) is -0.119. The van der Waals surface area contributed by atoms with E-state index in [2.05, 4.69) is 15.9 Å². The number of amides is 1. The quantitative estimate of drug-likeness (QED) is 0.557. The summed E-state index contributed by atoms with van der Waals surface area (Å²) < 4.78 is 50.7. The first-order valence-electron chi connectivity index (χ1n) is 6.40. The molecule has 3 nitrogen and oxygen atoms in total. The number of hydrogen-bond acceptors (Lipinski definition) is 2. The van der Waals surface area contributed by atoms with Gasteiger partial charge in [-0.05, 0) is 28.1 Å². The van der Waals surface area contributed by atoms with Crippen LogP contribution in [0.4, 0.5) is 17.6 Å². The van der Waals surface area contributed by atoms with Crippen molar-refractivity contribution >= 4 is 33.4 Å². The molecule has 0 aromatic heterocycles. The summed E-state index contributed by atoms with van der Waals surface area (Å²) in [5.74, 6) is -1.15. The fourth-order valence-electron chi connectivity index (χ4n) is 2.22. The van der Waals surface area contributed by atoms with E-state index >= 15 is 0 Å². The monoisotopic (exact) mass is 402 g/mol. The molecule has 1 fully saturated rings. The Bertz CT molecular complexity index is 551. The van der Waals surface area contributed by atoms with Gasteiger partial charge in [-0.25, -0.2) is 4.39 Å². The van der Waals surface area contributed by atoms with E-state index in [-0.39, 0.29) is 41.2 Å². The lowest BCUT2D eigenvalue weighted by Gasteiger charge is -2.35. The molecule has 1 aliphatic heterocycles. The minimum absolute atomic E-state index is 0.109. The Morgan fingerprint density at radius 2 is 1.82 bits per heavy atom. The Morgan fingerprint density at radius 1 is 1.23 bits per heavy atom. The highest BCUT2D eigenvalue weighted by molar-refractivity contribution is 9.10. The molecule has 1 aliphatic rings. The number of carbonyl (C=O) groups excluding carboxylic acids is 1. The van der Waals surface area contributed by atoms with Gasteiger partial charge in [0.2, 0.25) is 0 Å². The molecule has 1 aromatic carbocycles. The summed E-state index contributed by atoms with van der Waals surface area (Å²) in [6.45, 7) is -0.408. The van der Waals surface area contributed by atoms with Crippen molar-refractivity contribution < 1.29 is 22.4 Å². The van der Waals surface area contributed by atoms with E-state index in [0.29, 0.717) is 0 Å². The van der Waals surface area contributed by atoms with E-state index in [1.54, 1.807) is 0 Å². The summed E-state index contributed by atoms with van der Waals surface area (Å²) in [6.07, 6.45) is -4.25. The van der Waals surface area contributed by atoms with Crippen LogP contribution in [0.3, 0.4) is 0 Å². The molecule has 0 radical (unpaired) electrons. The molecule has 9 heteroatoms. The van der Waals surface area contributed by atoms with Crippen LogP contribution in [0.15, 0.2) is 16.6 Å². The van der Waals surface area contributed by atoms with Gasteiger partial charge in [0.25, 0.3) is 5.91 Å². The zero-order valence-electron chi connectivity index (χ0n) is 11.3. The van der Waals surface area contributed by atoms with Crippen LogP contribution in [-0.2, 0) is 0 Å². The van der Waals surface area contributed by atoms with Gasteiger partial charge >= 0.3 is 6.18 Å². The summed E-state index contributed by atoms with van der Waals surface area (Å²) in [6, 6.07) is 2.42. The second-order valence-electron chi connectivity index (χ2n) is 4.94. The van der Waals surface area contributed by atoms with Crippen molar-refractivity contribution in [3.63, 3.8) is 0 Å². The standard InChI is InChI=1S/C13H12BrClF4N2O/c14-9-5-8(6-10(16)11(9)15)12(22)21-3-1-20(2-4-21)7-13(17,18)19/h5-6H,1-4,7H2. The lowest BCUT2D eigenvalue weighted by molar-refractivity contribution is -0.148. The highest BCUT2D eigenvalue weighted by Gasteiger charge is 2.33. The predicted octanol–water partition coefficient (Wildman–Crippen LogP) is 3.56. The first-order chi connectivity index (χ1) is 10.2. The lowest BCUT2D eigenvalue weighted by Crippen LogP contribution is -2.50. The number of nitrogens with zero attached hydrogens (tertiary/aromatic N) is 2. The molecule has 1 amide bonds. The maximum absolute atomic E-state index is 13.5. The van der Waals surface area contributed by atoms with E-state index in [4.69, 9.17) is 11.6 Å². The van der Waals surface area contributed by atoms with Gasteiger partial charge < -0.3 is 4.90 Å². The molecule has 0 unspecified atom stereocenters. The number of carbonyl (C=O) groups is 1. The smallest absolute Gasteiger partial charge is 0.336 e. The maximum atomic E-state index is 13.5. The SMILES string of the molecule is O=C(c1cc(F)c(Cl)c(Br)c1)N1CCN(CC(F)(F)F)CC1. The molecule has 0 bridgehead atoms. The summed E-state index contributed by atoms with van der Waals surface area (Å²) in [7, 11) is 0. The highest BCUT2D eigenvalue weighted by Crippen LogP contribution is 2.27. The third-order valence-electron chi connectivity index (χ3n) is 3.29. The molecule has 0 saturated carbocycles. The Morgan fingerprint density at radius 3 is 2.32 bits per heavy atom. The summed E-state index contributed by atoms with van der Waals surface area (Å²) in [5.41, 5.74) is 0.109. The van der Waals surface area contributed by atoms with Gasteiger partial charge in [-0.15, -0.1) is 0 Å². The van der Waals surface area contributed by atoms with Gasteiger partial charge in [0, 0.05) is 36.2 Å². The molecule has 0 N–H and O–H groups in total. The van der Waals surface area contributed by atoms with Crippen molar-refractivity contribution in [1.82, 2.24) is 9.80 Å². The van der Waals surface area contributed by atoms with Gasteiger partial charge in [0.1, 0.15) is 5.82 Å². The van der Waals surface area contributed by atoms with Crippen molar-refractivity contribution in [3.8, 4) is 0 Å².